The molecule has 184 valence electrons. The first-order valence-electron chi connectivity index (χ1n) is 12.1. The molecule has 1 N–H and O–H groups in total. The molecule has 0 amide bonds. The van der Waals surface area contributed by atoms with Crippen molar-refractivity contribution in [2.24, 2.45) is 0 Å². The highest BCUT2D eigenvalue weighted by Crippen LogP contribution is 2.42. The maximum absolute atomic E-state index is 5.32. The number of halogens is 2. The summed E-state index contributed by atoms with van der Waals surface area (Å²) in [4.78, 5) is 2.72. The van der Waals surface area contributed by atoms with E-state index >= 15 is 0 Å². The van der Waals surface area contributed by atoms with Crippen LogP contribution < -0.4 is 10.1 Å². The van der Waals surface area contributed by atoms with Crippen molar-refractivity contribution in [2.75, 3.05) is 25.5 Å². The van der Waals surface area contributed by atoms with Crippen LogP contribution in [0, 0.1) is 0 Å². The number of para-hydroxylation sites is 1. The third-order valence-corrected chi connectivity index (χ3v) is 7.44. The Morgan fingerprint density at radius 2 is 1.63 bits per heavy atom. The molecule has 2 atom stereocenters. The summed E-state index contributed by atoms with van der Waals surface area (Å²) in [6.07, 6.45) is 3.45. The van der Waals surface area contributed by atoms with Crippen LogP contribution in [-0.4, -0.2) is 35.7 Å². The largest absolute Gasteiger partial charge is 0.497 e. The van der Waals surface area contributed by atoms with Gasteiger partial charge in [0.05, 0.1) is 13.2 Å². The highest BCUT2D eigenvalue weighted by Gasteiger charge is 2.37. The van der Waals surface area contributed by atoms with E-state index in [9.17, 15) is 0 Å². The molecule has 2 aliphatic heterocycles. The van der Waals surface area contributed by atoms with Crippen LogP contribution in [-0.2, 0) is 13.0 Å². The predicted molar refractivity (Wildman–Crippen MR) is 150 cm³/mol. The molecule has 0 aliphatic carbocycles. The van der Waals surface area contributed by atoms with E-state index in [1.54, 1.807) is 12.7 Å². The predicted octanol–water partition coefficient (Wildman–Crippen LogP) is 6.72. The number of benzene rings is 3. The van der Waals surface area contributed by atoms with E-state index in [0.717, 1.165) is 38.2 Å². The van der Waals surface area contributed by atoms with Crippen LogP contribution in [0.25, 0.3) is 10.9 Å². The molecule has 0 spiro atoms. The van der Waals surface area contributed by atoms with Crippen molar-refractivity contribution in [1.82, 2.24) is 9.47 Å². The van der Waals surface area contributed by atoms with Gasteiger partial charge in [0.15, 0.2) is 0 Å². The minimum absolute atomic E-state index is 0. The molecular weight excluding hydrogens is 477 g/mol. The SMILES string of the molecule is COc1ccc(NC2CCN3CCc4c(n(Cc5ccccc5)c5ccccc45)C3C2)cc1.Cl.Cl. The first-order chi connectivity index (χ1) is 16.3. The molecule has 0 bridgehead atoms. The summed E-state index contributed by atoms with van der Waals surface area (Å²) < 4.78 is 7.93. The maximum Gasteiger partial charge on any atom is 0.119 e. The number of fused-ring (bicyclic) bond motifs is 5. The number of anilines is 1. The van der Waals surface area contributed by atoms with Gasteiger partial charge in [-0.1, -0.05) is 48.5 Å². The van der Waals surface area contributed by atoms with Gasteiger partial charge < -0.3 is 14.6 Å². The van der Waals surface area contributed by atoms with Crippen molar-refractivity contribution >= 4 is 41.4 Å². The Morgan fingerprint density at radius 1 is 0.886 bits per heavy atom. The van der Waals surface area contributed by atoms with Crippen LogP contribution >= 0.6 is 24.8 Å². The van der Waals surface area contributed by atoms with Crippen molar-refractivity contribution in [3.8, 4) is 5.75 Å². The summed E-state index contributed by atoms with van der Waals surface area (Å²) >= 11 is 0. The molecule has 0 saturated carbocycles. The van der Waals surface area contributed by atoms with Crippen LogP contribution in [0.4, 0.5) is 5.69 Å². The minimum atomic E-state index is 0. The Morgan fingerprint density at radius 3 is 2.40 bits per heavy atom. The topological polar surface area (TPSA) is 29.4 Å². The van der Waals surface area contributed by atoms with Crippen molar-refractivity contribution in [2.45, 2.75) is 37.9 Å². The zero-order chi connectivity index (χ0) is 22.2. The number of nitrogens with one attached hydrogen (secondary N) is 1. The number of rotatable bonds is 5. The lowest BCUT2D eigenvalue weighted by Gasteiger charge is -2.43. The Labute approximate surface area is 220 Å². The van der Waals surface area contributed by atoms with Gasteiger partial charge in [0.25, 0.3) is 0 Å². The summed E-state index contributed by atoms with van der Waals surface area (Å²) in [7, 11) is 1.72. The normalized spacial score (nSPS) is 19.1. The van der Waals surface area contributed by atoms with Crippen LogP contribution in [0.5, 0.6) is 5.75 Å². The van der Waals surface area contributed by atoms with Gasteiger partial charge in [0.2, 0.25) is 0 Å². The molecular formula is C29H33Cl2N3O. The average molecular weight is 511 g/mol. The third-order valence-electron chi connectivity index (χ3n) is 7.44. The lowest BCUT2D eigenvalue weighted by molar-refractivity contribution is 0.125. The molecule has 2 unspecified atom stereocenters. The fraction of sp³-hybridized carbons (Fsp3) is 0.310. The van der Waals surface area contributed by atoms with Crippen LogP contribution in [0.1, 0.15) is 35.7 Å². The van der Waals surface area contributed by atoms with E-state index in [1.807, 2.05) is 12.1 Å². The molecule has 4 nitrogen and oxygen atoms in total. The van der Waals surface area contributed by atoms with E-state index < -0.39 is 0 Å². The van der Waals surface area contributed by atoms with Crippen molar-refractivity contribution in [3.05, 3.63) is 95.7 Å². The van der Waals surface area contributed by atoms with Gasteiger partial charge in [-0.2, -0.15) is 0 Å². The number of nitrogens with zero attached hydrogens (tertiary/aromatic N) is 2. The summed E-state index contributed by atoms with van der Waals surface area (Å²) in [6, 6.07) is 29.1. The molecule has 1 aromatic heterocycles. The minimum Gasteiger partial charge on any atom is -0.497 e. The van der Waals surface area contributed by atoms with Crippen LogP contribution in [0.3, 0.4) is 0 Å². The van der Waals surface area contributed by atoms with Gasteiger partial charge in [-0.3, -0.25) is 4.90 Å². The molecule has 4 aromatic rings. The van der Waals surface area contributed by atoms with Gasteiger partial charge >= 0.3 is 0 Å². The van der Waals surface area contributed by atoms with E-state index in [1.165, 1.54) is 34.3 Å². The number of aromatic nitrogens is 1. The van der Waals surface area contributed by atoms with E-state index in [2.05, 4.69) is 81.5 Å². The van der Waals surface area contributed by atoms with Crippen molar-refractivity contribution < 1.29 is 4.74 Å². The molecule has 3 aromatic carbocycles. The van der Waals surface area contributed by atoms with E-state index in [0.29, 0.717) is 12.1 Å². The Hall–Kier alpha value is -2.66. The van der Waals surface area contributed by atoms with Gasteiger partial charge in [0, 0.05) is 48.0 Å². The number of methoxy groups -OCH3 is 1. The van der Waals surface area contributed by atoms with Crippen molar-refractivity contribution in [3.63, 3.8) is 0 Å². The molecule has 35 heavy (non-hydrogen) atoms. The zero-order valence-corrected chi connectivity index (χ0v) is 21.7. The fourth-order valence-electron chi connectivity index (χ4n) is 5.85. The Kier molecular flexibility index (Phi) is 7.95. The van der Waals surface area contributed by atoms with Crippen molar-refractivity contribution in [1.29, 1.82) is 0 Å². The standard InChI is InChI=1S/C29H31N3O.2ClH/c1-33-24-13-11-22(12-14-24)30-23-15-17-31-18-16-26-25-9-5-6-10-27(25)32(29(26)28(31)19-23)20-21-7-3-2-4-8-21;;/h2-14,23,28,30H,15-20H2,1H3;2*1H. The second-order valence-electron chi connectivity index (χ2n) is 9.35. The number of ether oxygens (including phenoxy) is 1. The summed E-state index contributed by atoms with van der Waals surface area (Å²) in [5.74, 6) is 0.901. The highest BCUT2D eigenvalue weighted by atomic mass is 35.5. The monoisotopic (exact) mass is 509 g/mol. The zero-order valence-electron chi connectivity index (χ0n) is 20.0. The van der Waals surface area contributed by atoms with Gasteiger partial charge in [-0.15, -0.1) is 24.8 Å². The smallest absolute Gasteiger partial charge is 0.119 e. The number of piperidine rings is 1. The molecule has 6 rings (SSSR count). The summed E-state index contributed by atoms with van der Waals surface area (Å²) in [5.41, 5.74) is 7.01. The van der Waals surface area contributed by atoms with Gasteiger partial charge in [-0.25, -0.2) is 0 Å². The second-order valence-corrected chi connectivity index (χ2v) is 9.35. The maximum atomic E-state index is 5.32. The molecule has 6 heteroatoms. The van der Waals surface area contributed by atoms with Crippen LogP contribution in [0.15, 0.2) is 78.9 Å². The first kappa shape index (κ1) is 25.4. The third kappa shape index (κ3) is 4.88. The molecule has 1 fully saturated rings. The lowest BCUT2D eigenvalue weighted by Crippen LogP contribution is -2.45. The number of hydrogen-bond donors (Lipinski definition) is 1. The molecule has 0 radical (unpaired) electrons. The molecule has 3 heterocycles. The number of hydrogen-bond acceptors (Lipinski definition) is 3. The first-order valence-corrected chi connectivity index (χ1v) is 12.1. The second kappa shape index (κ2) is 10.9. The highest BCUT2D eigenvalue weighted by molar-refractivity contribution is 5.86. The fourth-order valence-corrected chi connectivity index (χ4v) is 5.85. The molecule has 1 saturated heterocycles. The van der Waals surface area contributed by atoms with E-state index in [-0.39, 0.29) is 24.8 Å². The summed E-state index contributed by atoms with van der Waals surface area (Å²) in [6.45, 7) is 3.23. The average Bonchev–Trinajstić information content (AvgIpc) is 3.19. The molecule has 2 aliphatic rings. The van der Waals surface area contributed by atoms with Gasteiger partial charge in [-0.05, 0) is 60.7 Å². The lowest BCUT2D eigenvalue weighted by atomic mass is 9.88. The van der Waals surface area contributed by atoms with E-state index in [4.69, 9.17) is 4.74 Å². The Balaban J connectivity index is 0.00000144. The van der Waals surface area contributed by atoms with Crippen LogP contribution in [0.2, 0.25) is 0 Å². The quantitative estimate of drug-likeness (QED) is 0.323. The Bertz CT molecular complexity index is 1260. The van der Waals surface area contributed by atoms with Gasteiger partial charge in [0.1, 0.15) is 5.75 Å². The summed E-state index contributed by atoms with van der Waals surface area (Å²) in [5, 5.41) is 5.25.